The Bertz CT molecular complexity index is 583. The number of alkyl halides is 3. The number of aromatic nitrogens is 1. The zero-order chi connectivity index (χ0) is 17.1. The van der Waals surface area contributed by atoms with E-state index >= 15 is 0 Å². The molecule has 1 aliphatic rings. The van der Waals surface area contributed by atoms with Gasteiger partial charge in [0.1, 0.15) is 0 Å². The minimum Gasteiger partial charge on any atom is -0.481 e. The normalized spacial score (nSPS) is 16.3. The average Bonchev–Trinajstić information content (AvgIpc) is 2.42. The number of nitrogens with one attached hydrogen (secondary N) is 1. The Morgan fingerprint density at radius 1 is 1.35 bits per heavy atom. The fourth-order valence-corrected chi connectivity index (χ4v) is 2.31. The van der Waals surface area contributed by atoms with Crippen LogP contribution in [0.25, 0.3) is 0 Å². The largest absolute Gasteiger partial charge is 0.481 e. The van der Waals surface area contributed by atoms with Gasteiger partial charge in [-0.05, 0) is 25.3 Å². The molecule has 1 aromatic rings. The number of carbonyl (C=O) groups is 2. The second-order valence-corrected chi connectivity index (χ2v) is 5.45. The molecule has 1 fully saturated rings. The molecule has 1 heterocycles. The third-order valence-electron chi connectivity index (χ3n) is 3.56. The van der Waals surface area contributed by atoms with Crippen LogP contribution < -0.4 is 10.1 Å². The third kappa shape index (κ3) is 4.83. The summed E-state index contributed by atoms with van der Waals surface area (Å²) >= 11 is 0. The summed E-state index contributed by atoms with van der Waals surface area (Å²) < 4.78 is 40.5. The van der Waals surface area contributed by atoms with Crippen molar-refractivity contribution in [3.8, 4) is 5.88 Å². The summed E-state index contributed by atoms with van der Waals surface area (Å²) in [7, 11) is 0. The van der Waals surface area contributed by atoms with E-state index in [0.29, 0.717) is 12.8 Å². The number of carboxylic acid groups (broad SMARTS) is 1. The number of rotatable bonds is 6. The van der Waals surface area contributed by atoms with Gasteiger partial charge in [0, 0.05) is 12.3 Å². The van der Waals surface area contributed by atoms with Crippen LogP contribution in [0.4, 0.5) is 13.2 Å². The van der Waals surface area contributed by atoms with Crippen LogP contribution in [0.2, 0.25) is 0 Å². The summed E-state index contributed by atoms with van der Waals surface area (Å²) in [6.45, 7) is -1.47. The van der Waals surface area contributed by atoms with Gasteiger partial charge >= 0.3 is 12.1 Å². The van der Waals surface area contributed by atoms with Gasteiger partial charge in [0.05, 0.1) is 17.5 Å². The number of pyridine rings is 1. The van der Waals surface area contributed by atoms with Gasteiger partial charge in [0.15, 0.2) is 6.61 Å². The number of ether oxygens (including phenoxy) is 1. The molecule has 0 aliphatic heterocycles. The lowest BCUT2D eigenvalue weighted by molar-refractivity contribution is -0.154. The average molecular weight is 332 g/mol. The molecule has 1 saturated carbocycles. The molecule has 1 aromatic heterocycles. The third-order valence-corrected chi connectivity index (χ3v) is 3.56. The molecule has 6 nitrogen and oxygen atoms in total. The van der Waals surface area contributed by atoms with Crippen molar-refractivity contribution in [2.75, 3.05) is 6.61 Å². The Hall–Kier alpha value is -2.32. The summed E-state index contributed by atoms with van der Waals surface area (Å²) in [5, 5.41) is 11.6. The lowest BCUT2D eigenvalue weighted by atomic mass is 9.74. The van der Waals surface area contributed by atoms with E-state index in [-0.39, 0.29) is 17.9 Å². The highest BCUT2D eigenvalue weighted by Crippen LogP contribution is 2.35. The SMILES string of the molecule is O=C(O)CC1(NC(=O)c2ccc(OCC(F)(F)F)nc2)CCC1. The number of aliphatic carboxylic acids is 1. The fraction of sp³-hybridized carbons (Fsp3) is 0.500. The first-order valence-corrected chi connectivity index (χ1v) is 6.89. The smallest absolute Gasteiger partial charge is 0.422 e. The standard InChI is InChI=1S/C14H15F3N2O4/c15-14(16,17)8-23-10-3-2-9(7-18-10)12(22)19-13(4-1-5-13)6-11(20)21/h2-3,7H,1,4-6,8H2,(H,19,22)(H,20,21). The van der Waals surface area contributed by atoms with Crippen LogP contribution in [-0.2, 0) is 4.79 Å². The van der Waals surface area contributed by atoms with Crippen molar-refractivity contribution in [2.45, 2.75) is 37.4 Å². The number of hydrogen-bond donors (Lipinski definition) is 2. The first-order chi connectivity index (χ1) is 10.7. The molecule has 9 heteroatoms. The molecular weight excluding hydrogens is 317 g/mol. The Morgan fingerprint density at radius 2 is 2.04 bits per heavy atom. The Balaban J connectivity index is 1.96. The maximum atomic E-state index is 12.1. The second kappa shape index (κ2) is 6.43. The molecular formula is C14H15F3N2O4. The van der Waals surface area contributed by atoms with E-state index in [0.717, 1.165) is 18.7 Å². The molecule has 0 saturated heterocycles. The molecule has 23 heavy (non-hydrogen) atoms. The number of carboxylic acids is 1. The van der Waals surface area contributed by atoms with Crippen molar-refractivity contribution in [1.82, 2.24) is 10.3 Å². The van der Waals surface area contributed by atoms with Gasteiger partial charge in [0.2, 0.25) is 5.88 Å². The summed E-state index contributed by atoms with van der Waals surface area (Å²) in [6, 6.07) is 2.44. The molecule has 2 rings (SSSR count). The lowest BCUT2D eigenvalue weighted by Gasteiger charge is -2.41. The molecule has 1 amide bonds. The van der Waals surface area contributed by atoms with Gasteiger partial charge in [0.25, 0.3) is 5.91 Å². The summed E-state index contributed by atoms with van der Waals surface area (Å²) in [5.74, 6) is -1.76. The van der Waals surface area contributed by atoms with Gasteiger partial charge in [-0.2, -0.15) is 13.2 Å². The van der Waals surface area contributed by atoms with Crippen molar-refractivity contribution in [1.29, 1.82) is 0 Å². The quantitative estimate of drug-likeness (QED) is 0.833. The van der Waals surface area contributed by atoms with Crippen LogP contribution in [0.1, 0.15) is 36.0 Å². The molecule has 1 aliphatic carbocycles. The van der Waals surface area contributed by atoms with Crippen molar-refractivity contribution in [2.24, 2.45) is 0 Å². The number of amides is 1. The topological polar surface area (TPSA) is 88.5 Å². The summed E-state index contributed by atoms with van der Waals surface area (Å²) in [4.78, 5) is 26.6. The van der Waals surface area contributed by atoms with Gasteiger partial charge in [-0.1, -0.05) is 0 Å². The van der Waals surface area contributed by atoms with Gasteiger partial charge in [-0.3, -0.25) is 9.59 Å². The van der Waals surface area contributed by atoms with E-state index in [4.69, 9.17) is 5.11 Å². The van der Waals surface area contributed by atoms with Crippen LogP contribution >= 0.6 is 0 Å². The van der Waals surface area contributed by atoms with Gasteiger partial charge < -0.3 is 15.2 Å². The Morgan fingerprint density at radius 3 is 2.48 bits per heavy atom. The second-order valence-electron chi connectivity index (χ2n) is 5.45. The summed E-state index contributed by atoms with van der Waals surface area (Å²) in [5.41, 5.74) is -0.630. The molecule has 0 spiro atoms. The molecule has 0 radical (unpaired) electrons. The van der Waals surface area contributed by atoms with Crippen LogP contribution in [-0.4, -0.2) is 40.3 Å². The van der Waals surface area contributed by atoms with E-state index in [9.17, 15) is 22.8 Å². The maximum absolute atomic E-state index is 12.1. The van der Waals surface area contributed by atoms with Crippen LogP contribution in [0, 0.1) is 0 Å². The number of halogens is 3. The molecule has 126 valence electrons. The number of nitrogens with zero attached hydrogens (tertiary/aromatic N) is 1. The van der Waals surface area contributed by atoms with E-state index < -0.39 is 30.2 Å². The minimum absolute atomic E-state index is 0.126. The first kappa shape index (κ1) is 17.0. The van der Waals surface area contributed by atoms with Gasteiger partial charge in [-0.25, -0.2) is 4.98 Å². The lowest BCUT2D eigenvalue weighted by Crippen LogP contribution is -2.54. The van der Waals surface area contributed by atoms with E-state index in [1.54, 1.807) is 0 Å². The highest BCUT2D eigenvalue weighted by Gasteiger charge is 2.40. The van der Waals surface area contributed by atoms with Crippen molar-refractivity contribution in [3.63, 3.8) is 0 Å². The van der Waals surface area contributed by atoms with E-state index in [1.165, 1.54) is 6.07 Å². The Labute approximate surface area is 129 Å². The zero-order valence-corrected chi connectivity index (χ0v) is 12.0. The molecule has 0 unspecified atom stereocenters. The monoisotopic (exact) mass is 332 g/mol. The summed E-state index contributed by atoms with van der Waals surface area (Å²) in [6.07, 6.45) is -1.56. The highest BCUT2D eigenvalue weighted by molar-refractivity contribution is 5.94. The predicted octanol–water partition coefficient (Wildman–Crippen LogP) is 2.15. The highest BCUT2D eigenvalue weighted by atomic mass is 19.4. The van der Waals surface area contributed by atoms with Crippen molar-refractivity contribution < 1.29 is 32.6 Å². The van der Waals surface area contributed by atoms with Gasteiger partial charge in [-0.15, -0.1) is 0 Å². The number of carbonyl (C=O) groups excluding carboxylic acids is 1. The fourth-order valence-electron chi connectivity index (χ4n) is 2.31. The van der Waals surface area contributed by atoms with Crippen LogP contribution in [0.3, 0.4) is 0 Å². The van der Waals surface area contributed by atoms with Crippen molar-refractivity contribution in [3.05, 3.63) is 23.9 Å². The molecule has 0 atom stereocenters. The number of hydrogen-bond acceptors (Lipinski definition) is 4. The Kier molecular flexibility index (Phi) is 4.76. The zero-order valence-electron chi connectivity index (χ0n) is 12.0. The molecule has 0 aromatic carbocycles. The van der Waals surface area contributed by atoms with E-state index in [2.05, 4.69) is 15.0 Å². The first-order valence-electron chi connectivity index (χ1n) is 6.89. The predicted molar refractivity (Wildman–Crippen MR) is 72.1 cm³/mol. The molecule has 0 bridgehead atoms. The van der Waals surface area contributed by atoms with Crippen molar-refractivity contribution >= 4 is 11.9 Å². The molecule has 2 N–H and O–H groups in total. The van der Waals surface area contributed by atoms with Crippen LogP contribution in [0.15, 0.2) is 18.3 Å². The van der Waals surface area contributed by atoms with Crippen LogP contribution in [0.5, 0.6) is 5.88 Å². The maximum Gasteiger partial charge on any atom is 0.422 e. The minimum atomic E-state index is -4.47. The van der Waals surface area contributed by atoms with E-state index in [1.807, 2.05) is 0 Å².